The lowest BCUT2D eigenvalue weighted by Crippen LogP contribution is -2.44. The van der Waals surface area contributed by atoms with Crippen LogP contribution in [0, 0.1) is 0 Å². The van der Waals surface area contributed by atoms with Crippen LogP contribution in [-0.2, 0) is 11.3 Å². The first-order chi connectivity index (χ1) is 9.22. The van der Waals surface area contributed by atoms with Gasteiger partial charge in [0.15, 0.2) is 0 Å². The number of nitrogens with two attached hydrogens (primary N) is 1. The molecule has 106 valence electrons. The number of halogens is 1. The first-order valence-electron chi connectivity index (χ1n) is 6.68. The second kappa shape index (κ2) is 7.24. The maximum atomic E-state index is 5.83. The molecule has 1 saturated heterocycles. The Labute approximate surface area is 123 Å². The van der Waals surface area contributed by atoms with Crippen molar-refractivity contribution in [2.75, 3.05) is 32.8 Å². The molecule has 1 aromatic rings. The molecule has 1 aliphatic heterocycles. The molecule has 1 aromatic carbocycles. The van der Waals surface area contributed by atoms with Crippen LogP contribution >= 0.6 is 15.9 Å². The first kappa shape index (κ1) is 14.8. The highest BCUT2D eigenvalue weighted by molar-refractivity contribution is 9.10. The molecule has 5 heteroatoms. The van der Waals surface area contributed by atoms with E-state index in [1.54, 1.807) is 0 Å². The minimum atomic E-state index is 0.148. The van der Waals surface area contributed by atoms with Crippen LogP contribution in [0.15, 0.2) is 22.7 Å². The van der Waals surface area contributed by atoms with Crippen LogP contribution in [0.3, 0.4) is 0 Å². The molecule has 1 aliphatic rings. The van der Waals surface area contributed by atoms with Gasteiger partial charge in [-0.2, -0.15) is 0 Å². The van der Waals surface area contributed by atoms with Gasteiger partial charge < -0.3 is 15.2 Å². The highest BCUT2D eigenvalue weighted by atomic mass is 79.9. The maximum absolute atomic E-state index is 5.83. The fraction of sp³-hybridized carbons (Fsp3) is 0.571. The van der Waals surface area contributed by atoms with Gasteiger partial charge in [0.2, 0.25) is 0 Å². The fourth-order valence-corrected chi connectivity index (χ4v) is 2.68. The fourth-order valence-electron chi connectivity index (χ4n) is 2.14. The highest BCUT2D eigenvalue weighted by Gasteiger charge is 2.20. The van der Waals surface area contributed by atoms with Gasteiger partial charge in [-0.25, -0.2) is 0 Å². The Morgan fingerprint density at radius 2 is 2.37 bits per heavy atom. The van der Waals surface area contributed by atoms with Crippen molar-refractivity contribution in [2.24, 2.45) is 5.73 Å². The molecule has 1 heterocycles. The Hall–Kier alpha value is -0.620. The van der Waals surface area contributed by atoms with E-state index in [0.717, 1.165) is 42.0 Å². The van der Waals surface area contributed by atoms with Crippen molar-refractivity contribution >= 4 is 15.9 Å². The van der Waals surface area contributed by atoms with Gasteiger partial charge in [0.25, 0.3) is 0 Å². The zero-order valence-corrected chi connectivity index (χ0v) is 12.9. The minimum Gasteiger partial charge on any atom is -0.490 e. The zero-order chi connectivity index (χ0) is 13.7. The Morgan fingerprint density at radius 3 is 3.05 bits per heavy atom. The van der Waals surface area contributed by atoms with Crippen molar-refractivity contribution in [3.05, 3.63) is 28.2 Å². The van der Waals surface area contributed by atoms with Crippen molar-refractivity contribution < 1.29 is 9.47 Å². The van der Waals surface area contributed by atoms with Crippen LogP contribution in [0.25, 0.3) is 0 Å². The number of likely N-dealkylation sites (N-methyl/N-ethyl adjacent to an activating group) is 1. The summed E-state index contributed by atoms with van der Waals surface area (Å²) in [6.45, 7) is 7.10. The van der Waals surface area contributed by atoms with Crippen molar-refractivity contribution in [2.45, 2.75) is 19.6 Å². The van der Waals surface area contributed by atoms with E-state index in [4.69, 9.17) is 15.2 Å². The molecule has 0 spiro atoms. The molecule has 19 heavy (non-hydrogen) atoms. The highest BCUT2D eigenvalue weighted by Crippen LogP contribution is 2.26. The van der Waals surface area contributed by atoms with Crippen LogP contribution in [0.5, 0.6) is 5.75 Å². The summed E-state index contributed by atoms with van der Waals surface area (Å²) in [6, 6.07) is 5.93. The van der Waals surface area contributed by atoms with Gasteiger partial charge >= 0.3 is 0 Å². The molecule has 0 amide bonds. The van der Waals surface area contributed by atoms with E-state index in [-0.39, 0.29) is 6.10 Å². The Kier molecular flexibility index (Phi) is 5.63. The third-order valence-electron chi connectivity index (χ3n) is 3.33. The van der Waals surface area contributed by atoms with Crippen molar-refractivity contribution in [3.8, 4) is 5.75 Å². The van der Waals surface area contributed by atoms with Crippen LogP contribution in [0.2, 0.25) is 0 Å². The summed E-state index contributed by atoms with van der Waals surface area (Å²) in [5.74, 6) is 0.842. The average Bonchev–Trinajstić information content (AvgIpc) is 2.46. The summed E-state index contributed by atoms with van der Waals surface area (Å²) in [6.07, 6.45) is 0.148. The number of nitrogens with zero attached hydrogens (tertiary/aromatic N) is 1. The third-order valence-corrected chi connectivity index (χ3v) is 3.95. The number of ether oxygens (including phenoxy) is 2. The van der Waals surface area contributed by atoms with E-state index < -0.39 is 0 Å². The van der Waals surface area contributed by atoms with Crippen molar-refractivity contribution in [1.82, 2.24) is 4.90 Å². The molecule has 0 bridgehead atoms. The number of hydrogen-bond acceptors (Lipinski definition) is 4. The summed E-state index contributed by atoms with van der Waals surface area (Å²) in [4.78, 5) is 2.38. The smallest absolute Gasteiger partial charge is 0.133 e. The molecule has 2 rings (SSSR count). The maximum Gasteiger partial charge on any atom is 0.133 e. The number of benzene rings is 1. The monoisotopic (exact) mass is 328 g/mol. The summed E-state index contributed by atoms with van der Waals surface area (Å²) in [5, 5.41) is 0. The second-order valence-electron chi connectivity index (χ2n) is 4.67. The van der Waals surface area contributed by atoms with E-state index >= 15 is 0 Å². The Bertz CT molecular complexity index is 414. The predicted molar refractivity (Wildman–Crippen MR) is 79.4 cm³/mol. The molecule has 1 atom stereocenters. The van der Waals surface area contributed by atoms with E-state index in [0.29, 0.717) is 13.2 Å². The third kappa shape index (κ3) is 4.18. The predicted octanol–water partition coefficient (Wildman–Crippen LogP) is 2.01. The standard InChI is InChI=1S/C14H21BrN2O2/c1-2-17-5-6-18-12(9-17)10-19-14-4-3-11(8-16)7-13(14)15/h3-4,7,12H,2,5-6,8-10,16H2,1H3. The van der Waals surface area contributed by atoms with Gasteiger partial charge in [-0.15, -0.1) is 0 Å². The molecule has 0 aliphatic carbocycles. The van der Waals surface area contributed by atoms with E-state index in [1.807, 2.05) is 18.2 Å². The largest absolute Gasteiger partial charge is 0.490 e. The van der Waals surface area contributed by atoms with Crippen molar-refractivity contribution in [1.29, 1.82) is 0 Å². The lowest BCUT2D eigenvalue weighted by molar-refractivity contribution is -0.0465. The lowest BCUT2D eigenvalue weighted by atomic mass is 10.2. The first-order valence-corrected chi connectivity index (χ1v) is 7.47. The number of hydrogen-bond donors (Lipinski definition) is 1. The van der Waals surface area contributed by atoms with Gasteiger partial charge in [0, 0.05) is 19.6 Å². The Balaban J connectivity index is 1.88. The normalized spacial score (nSPS) is 20.5. The summed E-state index contributed by atoms with van der Waals surface area (Å²) >= 11 is 3.51. The minimum absolute atomic E-state index is 0.148. The molecule has 2 N–H and O–H groups in total. The molecular weight excluding hydrogens is 308 g/mol. The molecular formula is C14H21BrN2O2. The van der Waals surface area contributed by atoms with E-state index in [9.17, 15) is 0 Å². The molecule has 1 fully saturated rings. The summed E-state index contributed by atoms with van der Waals surface area (Å²) < 4.78 is 12.5. The van der Waals surface area contributed by atoms with E-state index in [2.05, 4.69) is 27.8 Å². The number of rotatable bonds is 5. The van der Waals surface area contributed by atoms with Crippen LogP contribution < -0.4 is 10.5 Å². The van der Waals surface area contributed by atoms with Gasteiger partial charge in [-0.05, 0) is 40.2 Å². The van der Waals surface area contributed by atoms with Gasteiger partial charge in [-0.3, -0.25) is 4.90 Å². The van der Waals surface area contributed by atoms with Gasteiger partial charge in [0.05, 0.1) is 11.1 Å². The van der Waals surface area contributed by atoms with Gasteiger partial charge in [-0.1, -0.05) is 13.0 Å². The van der Waals surface area contributed by atoms with Crippen LogP contribution in [-0.4, -0.2) is 43.9 Å². The number of morpholine rings is 1. The summed E-state index contributed by atoms with van der Waals surface area (Å²) in [7, 11) is 0. The molecule has 0 saturated carbocycles. The summed E-state index contributed by atoms with van der Waals surface area (Å²) in [5.41, 5.74) is 6.69. The Morgan fingerprint density at radius 1 is 1.53 bits per heavy atom. The van der Waals surface area contributed by atoms with E-state index in [1.165, 1.54) is 0 Å². The molecule has 4 nitrogen and oxygen atoms in total. The SMILES string of the molecule is CCN1CCOC(COc2ccc(CN)cc2Br)C1. The molecule has 0 radical (unpaired) electrons. The molecule has 1 unspecified atom stereocenters. The van der Waals surface area contributed by atoms with Crippen molar-refractivity contribution in [3.63, 3.8) is 0 Å². The second-order valence-corrected chi connectivity index (χ2v) is 5.52. The van der Waals surface area contributed by atoms with Gasteiger partial charge in [0.1, 0.15) is 18.5 Å². The molecule has 0 aromatic heterocycles. The lowest BCUT2D eigenvalue weighted by Gasteiger charge is -2.31. The topological polar surface area (TPSA) is 47.7 Å². The van der Waals surface area contributed by atoms with Crippen LogP contribution in [0.1, 0.15) is 12.5 Å². The quantitative estimate of drug-likeness (QED) is 0.898. The zero-order valence-electron chi connectivity index (χ0n) is 11.3. The average molecular weight is 329 g/mol. The van der Waals surface area contributed by atoms with Crippen LogP contribution in [0.4, 0.5) is 0 Å².